The minimum Gasteiger partial charge on any atom is -0.487 e. The minimum atomic E-state index is 0.00294. The summed E-state index contributed by atoms with van der Waals surface area (Å²) >= 11 is 0. The van der Waals surface area contributed by atoms with Crippen molar-refractivity contribution in [2.24, 2.45) is 0 Å². The van der Waals surface area contributed by atoms with Crippen molar-refractivity contribution in [3.05, 3.63) is 53.6 Å². The molecule has 2 unspecified atom stereocenters. The van der Waals surface area contributed by atoms with E-state index < -0.39 is 0 Å². The maximum Gasteiger partial charge on any atom is 0.123 e. The Morgan fingerprint density at radius 3 is 2.67 bits per heavy atom. The van der Waals surface area contributed by atoms with Crippen molar-refractivity contribution in [1.29, 1.82) is 5.26 Å². The number of ether oxygens (including phenoxy) is 1. The molecule has 0 radical (unpaired) electrons. The van der Waals surface area contributed by atoms with Gasteiger partial charge < -0.3 is 9.64 Å². The van der Waals surface area contributed by atoms with Crippen molar-refractivity contribution in [2.75, 3.05) is 13.1 Å². The van der Waals surface area contributed by atoms with Crippen molar-refractivity contribution >= 4 is 0 Å². The first kappa shape index (κ1) is 16.8. The van der Waals surface area contributed by atoms with Crippen LogP contribution in [-0.4, -0.2) is 29.6 Å². The second-order valence-electron chi connectivity index (χ2n) is 8.45. The van der Waals surface area contributed by atoms with E-state index in [1.165, 1.54) is 56.3 Å². The van der Waals surface area contributed by atoms with Gasteiger partial charge in [-0.05, 0) is 73.2 Å². The first-order chi connectivity index (χ1) is 13.2. The van der Waals surface area contributed by atoms with E-state index in [2.05, 4.69) is 29.2 Å². The van der Waals surface area contributed by atoms with Crippen molar-refractivity contribution in [3.63, 3.8) is 0 Å². The fourth-order valence-corrected chi connectivity index (χ4v) is 5.21. The quantitative estimate of drug-likeness (QED) is 0.725. The van der Waals surface area contributed by atoms with Crippen LogP contribution in [0.15, 0.2) is 42.5 Å². The van der Waals surface area contributed by atoms with Gasteiger partial charge in [-0.3, -0.25) is 0 Å². The number of piperidine rings is 1. The van der Waals surface area contributed by atoms with Gasteiger partial charge in [0.1, 0.15) is 11.4 Å². The summed E-state index contributed by atoms with van der Waals surface area (Å²) in [5.74, 6) is 1.08. The van der Waals surface area contributed by atoms with E-state index in [1.807, 2.05) is 24.3 Å². The molecule has 1 spiro atoms. The van der Waals surface area contributed by atoms with Crippen molar-refractivity contribution in [1.82, 2.24) is 4.90 Å². The zero-order valence-corrected chi connectivity index (χ0v) is 15.8. The van der Waals surface area contributed by atoms with E-state index in [4.69, 9.17) is 10.00 Å². The van der Waals surface area contributed by atoms with Crippen molar-refractivity contribution < 1.29 is 4.74 Å². The molecule has 3 aliphatic heterocycles. The molecule has 0 bridgehead atoms. The average Bonchev–Trinajstić information content (AvgIpc) is 2.99. The summed E-state index contributed by atoms with van der Waals surface area (Å²) in [7, 11) is 0. The molecule has 2 fully saturated rings. The van der Waals surface area contributed by atoms with Gasteiger partial charge in [0.05, 0.1) is 11.6 Å². The Bertz CT molecular complexity index is 864. The molecule has 3 aliphatic rings. The normalized spacial score (nSPS) is 27.3. The molecule has 138 valence electrons. The first-order valence-electron chi connectivity index (χ1n) is 10.3. The van der Waals surface area contributed by atoms with Gasteiger partial charge in [-0.25, -0.2) is 0 Å². The van der Waals surface area contributed by atoms with Crippen LogP contribution in [-0.2, 0) is 6.42 Å². The predicted molar refractivity (Wildman–Crippen MR) is 107 cm³/mol. The van der Waals surface area contributed by atoms with Crippen molar-refractivity contribution in [2.45, 2.75) is 56.6 Å². The van der Waals surface area contributed by atoms with Gasteiger partial charge in [0.15, 0.2) is 0 Å². The minimum absolute atomic E-state index is 0.00294. The van der Waals surface area contributed by atoms with E-state index in [-0.39, 0.29) is 5.60 Å². The molecule has 0 aliphatic carbocycles. The van der Waals surface area contributed by atoms with Crippen LogP contribution in [0.2, 0.25) is 0 Å². The summed E-state index contributed by atoms with van der Waals surface area (Å²) in [5.41, 5.74) is 4.43. The number of nitriles is 1. The third kappa shape index (κ3) is 3.13. The van der Waals surface area contributed by atoms with Gasteiger partial charge in [0, 0.05) is 25.4 Å². The first-order valence-corrected chi connectivity index (χ1v) is 10.3. The molecule has 0 amide bonds. The molecule has 5 rings (SSSR count). The Morgan fingerprint density at radius 1 is 0.963 bits per heavy atom. The van der Waals surface area contributed by atoms with Crippen LogP contribution in [0.1, 0.15) is 49.7 Å². The van der Waals surface area contributed by atoms with Gasteiger partial charge in [0.2, 0.25) is 0 Å². The Morgan fingerprint density at radius 2 is 1.81 bits per heavy atom. The molecule has 3 heteroatoms. The third-order valence-corrected chi connectivity index (χ3v) is 6.78. The SMILES string of the molecule is N#Cc1ccc(-c2ccc3c(c2)CC2(CCC4CCCCN4CC2)O3)cc1. The maximum absolute atomic E-state index is 9.00. The number of nitrogens with zero attached hydrogens (tertiary/aromatic N) is 2. The second kappa shape index (κ2) is 6.69. The Balaban J connectivity index is 1.37. The smallest absolute Gasteiger partial charge is 0.123 e. The maximum atomic E-state index is 9.00. The van der Waals surface area contributed by atoms with Crippen LogP contribution in [0.4, 0.5) is 0 Å². The van der Waals surface area contributed by atoms with Crippen LogP contribution in [0.25, 0.3) is 11.1 Å². The molecule has 0 saturated carbocycles. The summed E-state index contributed by atoms with van der Waals surface area (Å²) in [6.07, 6.45) is 8.75. The lowest BCUT2D eigenvalue weighted by molar-refractivity contribution is 0.0768. The molecule has 2 saturated heterocycles. The number of hydrogen-bond acceptors (Lipinski definition) is 3. The van der Waals surface area contributed by atoms with E-state index in [0.29, 0.717) is 5.56 Å². The van der Waals surface area contributed by atoms with E-state index in [9.17, 15) is 0 Å². The predicted octanol–water partition coefficient (Wildman–Crippen LogP) is 4.94. The lowest BCUT2D eigenvalue weighted by atomic mass is 9.88. The summed E-state index contributed by atoms with van der Waals surface area (Å²) in [4.78, 5) is 2.72. The lowest BCUT2D eigenvalue weighted by Gasteiger charge is -2.33. The second-order valence-corrected chi connectivity index (χ2v) is 8.45. The van der Waals surface area contributed by atoms with Gasteiger partial charge in [-0.1, -0.05) is 24.6 Å². The summed E-state index contributed by atoms with van der Waals surface area (Å²) < 4.78 is 6.58. The monoisotopic (exact) mass is 358 g/mol. The van der Waals surface area contributed by atoms with E-state index in [1.54, 1.807) is 0 Å². The number of fused-ring (bicyclic) bond motifs is 2. The van der Waals surface area contributed by atoms with Crippen LogP contribution in [0, 0.1) is 11.3 Å². The molecular weight excluding hydrogens is 332 g/mol. The summed E-state index contributed by atoms with van der Waals surface area (Å²) in [5, 5.41) is 9.00. The third-order valence-electron chi connectivity index (χ3n) is 6.78. The summed E-state index contributed by atoms with van der Waals surface area (Å²) in [6.45, 7) is 2.46. The largest absolute Gasteiger partial charge is 0.487 e. The topological polar surface area (TPSA) is 36.3 Å². The van der Waals surface area contributed by atoms with Crippen LogP contribution in [0.3, 0.4) is 0 Å². The zero-order chi connectivity index (χ0) is 18.3. The van der Waals surface area contributed by atoms with E-state index >= 15 is 0 Å². The molecular formula is C24H26N2O. The molecule has 0 aromatic heterocycles. The van der Waals surface area contributed by atoms with Gasteiger partial charge in [-0.15, -0.1) is 0 Å². The van der Waals surface area contributed by atoms with Crippen LogP contribution < -0.4 is 4.74 Å². The fourth-order valence-electron chi connectivity index (χ4n) is 5.21. The van der Waals surface area contributed by atoms with Gasteiger partial charge in [-0.2, -0.15) is 5.26 Å². The molecule has 2 aromatic carbocycles. The highest BCUT2D eigenvalue weighted by Crippen LogP contribution is 2.44. The zero-order valence-electron chi connectivity index (χ0n) is 15.8. The number of rotatable bonds is 1. The van der Waals surface area contributed by atoms with E-state index in [0.717, 1.165) is 30.2 Å². The molecule has 0 N–H and O–H groups in total. The number of hydrogen-bond donors (Lipinski definition) is 0. The molecule has 3 heterocycles. The fraction of sp³-hybridized carbons (Fsp3) is 0.458. The Labute approximate surface area is 161 Å². The highest BCUT2D eigenvalue weighted by atomic mass is 16.5. The average molecular weight is 358 g/mol. The standard InChI is InChI=1S/C24H26N2O/c25-17-18-4-6-19(7-5-18)20-8-9-23-21(15-20)16-24(27-23)11-10-22-3-1-2-13-26(22)14-12-24/h4-9,15,22H,1-3,10-14,16H2. The molecule has 3 nitrogen and oxygen atoms in total. The highest BCUT2D eigenvalue weighted by Gasteiger charge is 2.42. The highest BCUT2D eigenvalue weighted by molar-refractivity contribution is 5.67. The Kier molecular flexibility index (Phi) is 4.17. The van der Waals surface area contributed by atoms with Crippen LogP contribution >= 0.6 is 0 Å². The summed E-state index contributed by atoms with van der Waals surface area (Å²) in [6, 6.07) is 17.4. The van der Waals surface area contributed by atoms with Crippen molar-refractivity contribution in [3.8, 4) is 22.9 Å². The molecule has 27 heavy (non-hydrogen) atoms. The van der Waals surface area contributed by atoms with Gasteiger partial charge in [0.25, 0.3) is 0 Å². The Hall–Kier alpha value is -2.31. The molecule has 2 aromatic rings. The van der Waals surface area contributed by atoms with Crippen LogP contribution in [0.5, 0.6) is 5.75 Å². The number of benzene rings is 2. The van der Waals surface area contributed by atoms with Gasteiger partial charge >= 0.3 is 0 Å². The molecule has 2 atom stereocenters. The lowest BCUT2D eigenvalue weighted by Crippen LogP contribution is -2.39.